The zero-order valence-corrected chi connectivity index (χ0v) is 11.4. The summed E-state index contributed by atoms with van der Waals surface area (Å²) < 4.78 is 0. The number of aliphatic hydroxyl groups is 1. The average molecular weight is 250 g/mol. The lowest BCUT2D eigenvalue weighted by atomic mass is 10.1. The highest BCUT2D eigenvalue weighted by atomic mass is 16.3. The van der Waals surface area contributed by atoms with Crippen molar-refractivity contribution in [1.82, 2.24) is 4.90 Å². The van der Waals surface area contributed by atoms with Crippen LogP contribution in [0.1, 0.15) is 25.0 Å². The number of carbonyl (C=O) groups excluding carboxylic acids is 1. The lowest BCUT2D eigenvalue weighted by molar-refractivity contribution is 0.192. The van der Waals surface area contributed by atoms with Crippen molar-refractivity contribution in [3.8, 4) is 0 Å². The molecule has 0 aromatic heterocycles. The van der Waals surface area contributed by atoms with Gasteiger partial charge in [-0.25, -0.2) is 4.79 Å². The van der Waals surface area contributed by atoms with Gasteiger partial charge in [-0.05, 0) is 31.4 Å². The van der Waals surface area contributed by atoms with Crippen molar-refractivity contribution in [3.05, 3.63) is 29.3 Å². The van der Waals surface area contributed by atoms with E-state index in [1.165, 1.54) is 0 Å². The second-order valence-electron chi connectivity index (χ2n) is 4.20. The first-order chi connectivity index (χ1) is 8.63. The fourth-order valence-corrected chi connectivity index (χ4v) is 1.91. The fourth-order valence-electron chi connectivity index (χ4n) is 1.91. The molecule has 0 unspecified atom stereocenters. The number of rotatable bonds is 5. The summed E-state index contributed by atoms with van der Waals surface area (Å²) in [6, 6.07) is 5.84. The maximum Gasteiger partial charge on any atom is 0.321 e. The molecule has 0 aliphatic rings. The Morgan fingerprint density at radius 2 is 2.11 bits per heavy atom. The van der Waals surface area contributed by atoms with Gasteiger partial charge in [-0.15, -0.1) is 0 Å². The molecule has 0 fully saturated rings. The highest BCUT2D eigenvalue weighted by Crippen LogP contribution is 2.21. The van der Waals surface area contributed by atoms with Crippen molar-refractivity contribution >= 4 is 11.7 Å². The molecule has 2 amide bonds. The molecular formula is C14H22N2O2. The van der Waals surface area contributed by atoms with Gasteiger partial charge in [0, 0.05) is 18.8 Å². The van der Waals surface area contributed by atoms with Crippen molar-refractivity contribution in [3.63, 3.8) is 0 Å². The molecule has 100 valence electrons. The van der Waals surface area contributed by atoms with E-state index in [0.717, 1.165) is 23.2 Å². The lowest BCUT2D eigenvalue weighted by Crippen LogP contribution is -2.37. The Bertz CT molecular complexity index is 405. The van der Waals surface area contributed by atoms with E-state index in [4.69, 9.17) is 5.11 Å². The fraction of sp³-hybridized carbons (Fsp3) is 0.500. The number of para-hydroxylation sites is 1. The van der Waals surface area contributed by atoms with Gasteiger partial charge < -0.3 is 15.3 Å². The minimum atomic E-state index is -0.157. The maximum atomic E-state index is 12.1. The summed E-state index contributed by atoms with van der Waals surface area (Å²) in [6.45, 7) is 6.87. The molecule has 0 saturated heterocycles. The summed E-state index contributed by atoms with van der Waals surface area (Å²) in [4.78, 5) is 13.6. The van der Waals surface area contributed by atoms with E-state index in [0.29, 0.717) is 13.1 Å². The van der Waals surface area contributed by atoms with Gasteiger partial charge in [0.05, 0.1) is 6.61 Å². The number of nitrogens with zero attached hydrogens (tertiary/aromatic N) is 1. The van der Waals surface area contributed by atoms with Gasteiger partial charge in [-0.1, -0.05) is 25.1 Å². The number of hydrogen-bond donors (Lipinski definition) is 2. The van der Waals surface area contributed by atoms with Crippen molar-refractivity contribution in [2.24, 2.45) is 0 Å². The molecule has 0 spiro atoms. The second-order valence-corrected chi connectivity index (χ2v) is 4.20. The summed E-state index contributed by atoms with van der Waals surface area (Å²) in [5, 5.41) is 11.9. The molecule has 0 radical (unpaired) electrons. The normalized spacial score (nSPS) is 10.2. The quantitative estimate of drug-likeness (QED) is 0.843. The summed E-state index contributed by atoms with van der Waals surface area (Å²) in [5.41, 5.74) is 3.08. The summed E-state index contributed by atoms with van der Waals surface area (Å²) in [6.07, 6.45) is 0.878. The molecule has 4 nitrogen and oxygen atoms in total. The predicted molar refractivity (Wildman–Crippen MR) is 73.9 cm³/mol. The summed E-state index contributed by atoms with van der Waals surface area (Å²) in [5.74, 6) is 0. The topological polar surface area (TPSA) is 52.6 Å². The van der Waals surface area contributed by atoms with Gasteiger partial charge in [-0.3, -0.25) is 0 Å². The van der Waals surface area contributed by atoms with Gasteiger partial charge in [0.15, 0.2) is 0 Å². The first kappa shape index (κ1) is 14.5. The molecule has 2 N–H and O–H groups in total. The zero-order chi connectivity index (χ0) is 13.5. The molecule has 0 aliphatic carbocycles. The molecule has 1 aromatic rings. The zero-order valence-electron chi connectivity index (χ0n) is 11.4. The molecule has 4 heteroatoms. The van der Waals surface area contributed by atoms with Crippen LogP contribution in [0.2, 0.25) is 0 Å². The third-order valence-corrected chi connectivity index (χ3v) is 3.01. The molecular weight excluding hydrogens is 228 g/mol. The molecule has 0 heterocycles. The predicted octanol–water partition coefficient (Wildman–Crippen LogP) is 2.40. The smallest absolute Gasteiger partial charge is 0.321 e. The highest BCUT2D eigenvalue weighted by Gasteiger charge is 2.13. The molecule has 1 rings (SSSR count). The number of aryl methyl sites for hydroxylation is 2. The van der Waals surface area contributed by atoms with Crippen LogP contribution in [0.3, 0.4) is 0 Å². The number of anilines is 1. The van der Waals surface area contributed by atoms with Crippen LogP contribution < -0.4 is 5.32 Å². The van der Waals surface area contributed by atoms with Gasteiger partial charge in [0.25, 0.3) is 0 Å². The highest BCUT2D eigenvalue weighted by molar-refractivity contribution is 5.91. The van der Waals surface area contributed by atoms with E-state index in [1.807, 2.05) is 32.0 Å². The largest absolute Gasteiger partial charge is 0.395 e. The minimum Gasteiger partial charge on any atom is -0.395 e. The first-order valence-corrected chi connectivity index (χ1v) is 6.39. The van der Waals surface area contributed by atoms with Crippen molar-refractivity contribution < 1.29 is 9.90 Å². The number of carbonyl (C=O) groups is 1. The van der Waals surface area contributed by atoms with Gasteiger partial charge in [0.2, 0.25) is 0 Å². The minimum absolute atomic E-state index is 0.0182. The molecule has 1 aromatic carbocycles. The Morgan fingerprint density at radius 1 is 1.39 bits per heavy atom. The third-order valence-electron chi connectivity index (χ3n) is 3.01. The van der Waals surface area contributed by atoms with E-state index in [2.05, 4.69) is 12.2 Å². The van der Waals surface area contributed by atoms with Crippen LogP contribution in [0.4, 0.5) is 10.5 Å². The Hall–Kier alpha value is -1.55. The summed E-state index contributed by atoms with van der Waals surface area (Å²) in [7, 11) is 0. The van der Waals surface area contributed by atoms with E-state index in [1.54, 1.807) is 4.90 Å². The number of nitrogens with one attached hydrogen (secondary N) is 1. The number of hydrogen-bond acceptors (Lipinski definition) is 2. The number of amides is 2. The number of likely N-dealkylation sites (N-methyl/N-ethyl adjacent to an activating group) is 1. The van der Waals surface area contributed by atoms with Crippen LogP contribution in [0, 0.1) is 6.92 Å². The molecule has 0 bridgehead atoms. The molecule has 0 saturated carbocycles. The number of urea groups is 1. The summed E-state index contributed by atoms with van der Waals surface area (Å²) >= 11 is 0. The first-order valence-electron chi connectivity index (χ1n) is 6.39. The van der Waals surface area contributed by atoms with Crippen LogP contribution in [-0.4, -0.2) is 35.7 Å². The van der Waals surface area contributed by atoms with Crippen LogP contribution in [0.25, 0.3) is 0 Å². The second kappa shape index (κ2) is 7.01. The van der Waals surface area contributed by atoms with E-state index in [-0.39, 0.29) is 12.6 Å². The maximum absolute atomic E-state index is 12.1. The Labute approximate surface area is 109 Å². The van der Waals surface area contributed by atoms with Crippen LogP contribution >= 0.6 is 0 Å². The van der Waals surface area contributed by atoms with E-state index < -0.39 is 0 Å². The Balaban J connectivity index is 2.86. The Morgan fingerprint density at radius 3 is 2.67 bits per heavy atom. The van der Waals surface area contributed by atoms with Gasteiger partial charge >= 0.3 is 6.03 Å². The van der Waals surface area contributed by atoms with E-state index >= 15 is 0 Å². The average Bonchev–Trinajstić information content (AvgIpc) is 2.38. The van der Waals surface area contributed by atoms with Crippen molar-refractivity contribution in [2.45, 2.75) is 27.2 Å². The van der Waals surface area contributed by atoms with Crippen LogP contribution in [0.5, 0.6) is 0 Å². The van der Waals surface area contributed by atoms with Gasteiger partial charge in [0.1, 0.15) is 0 Å². The van der Waals surface area contributed by atoms with Crippen molar-refractivity contribution in [2.75, 3.05) is 25.0 Å². The van der Waals surface area contributed by atoms with Gasteiger partial charge in [-0.2, -0.15) is 0 Å². The monoisotopic (exact) mass is 250 g/mol. The third kappa shape index (κ3) is 3.47. The molecule has 0 aliphatic heterocycles. The molecule has 18 heavy (non-hydrogen) atoms. The van der Waals surface area contributed by atoms with Crippen molar-refractivity contribution in [1.29, 1.82) is 0 Å². The number of benzene rings is 1. The van der Waals surface area contributed by atoms with Crippen LogP contribution in [-0.2, 0) is 6.42 Å². The van der Waals surface area contributed by atoms with E-state index in [9.17, 15) is 4.79 Å². The molecule has 0 atom stereocenters. The number of aliphatic hydroxyl groups excluding tert-OH is 1. The lowest BCUT2D eigenvalue weighted by Gasteiger charge is -2.22. The Kier molecular flexibility index (Phi) is 5.65. The van der Waals surface area contributed by atoms with Crippen LogP contribution in [0.15, 0.2) is 18.2 Å². The SMILES string of the molecule is CCc1cccc(C)c1NC(=O)N(CC)CCO. The standard InChI is InChI=1S/C14H22N2O2/c1-4-12-8-6-7-11(3)13(12)15-14(18)16(5-2)9-10-17/h6-8,17H,4-5,9-10H2,1-3H3,(H,15,18).